The molecule has 2 aromatic rings. The average Bonchev–Trinajstić information content (AvgIpc) is 3.31. The van der Waals surface area contributed by atoms with Crippen molar-refractivity contribution in [1.29, 1.82) is 0 Å². The molecule has 2 atom stereocenters. The van der Waals surface area contributed by atoms with E-state index in [-0.39, 0.29) is 17.9 Å². The molecule has 212 valence electrons. The summed E-state index contributed by atoms with van der Waals surface area (Å²) in [6.07, 6.45) is 13.7. The van der Waals surface area contributed by atoms with Crippen molar-refractivity contribution < 1.29 is 14.3 Å². The second-order valence-corrected chi connectivity index (χ2v) is 9.91. The first-order valence-electron chi connectivity index (χ1n) is 13.3. The molecule has 1 aromatic carbocycles. The lowest BCUT2D eigenvalue weighted by Crippen LogP contribution is -2.33. The summed E-state index contributed by atoms with van der Waals surface area (Å²) in [4.78, 5) is 28.1. The second-order valence-electron chi connectivity index (χ2n) is 9.91. The first kappa shape index (κ1) is 28.8. The summed E-state index contributed by atoms with van der Waals surface area (Å²) in [7, 11) is 9.43. The molecule has 0 saturated carbocycles. The maximum absolute atomic E-state index is 12.3. The van der Waals surface area contributed by atoms with Gasteiger partial charge in [0.2, 0.25) is 11.9 Å². The number of allylic oxidation sites excluding steroid dienone is 2. The highest BCUT2D eigenvalue weighted by Gasteiger charge is 2.32. The van der Waals surface area contributed by atoms with E-state index in [1.165, 1.54) is 6.08 Å². The molecule has 0 fully saturated rings. The maximum atomic E-state index is 12.3. The number of nitrogens with one attached hydrogen (secondary N) is 2. The van der Waals surface area contributed by atoms with Crippen LogP contribution in [-0.4, -0.2) is 93.3 Å². The Bertz CT molecular complexity index is 1310. The van der Waals surface area contributed by atoms with Gasteiger partial charge < -0.3 is 34.8 Å². The quantitative estimate of drug-likeness (QED) is 0.365. The lowest BCUT2D eigenvalue weighted by molar-refractivity contribution is -0.111. The molecule has 0 bridgehead atoms. The molecule has 0 radical (unpaired) electrons. The van der Waals surface area contributed by atoms with Crippen LogP contribution < -0.4 is 20.3 Å². The Labute approximate surface area is 236 Å². The van der Waals surface area contributed by atoms with Crippen molar-refractivity contribution in [3.8, 4) is 5.75 Å². The smallest absolute Gasteiger partial charge is 0.247 e. The minimum atomic E-state index is -0.303. The molecule has 1 amide bonds. The average molecular weight is 546 g/mol. The molecule has 10 heteroatoms. The van der Waals surface area contributed by atoms with Crippen LogP contribution in [0, 0.1) is 5.92 Å². The predicted molar refractivity (Wildman–Crippen MR) is 161 cm³/mol. The van der Waals surface area contributed by atoms with E-state index >= 15 is 0 Å². The molecule has 2 aliphatic rings. The van der Waals surface area contributed by atoms with E-state index in [4.69, 9.17) is 14.5 Å². The number of rotatable bonds is 13. The van der Waals surface area contributed by atoms with Crippen molar-refractivity contribution in [1.82, 2.24) is 19.8 Å². The normalized spacial score (nSPS) is 17.4. The molecule has 0 saturated heterocycles. The van der Waals surface area contributed by atoms with E-state index in [9.17, 15) is 4.79 Å². The summed E-state index contributed by atoms with van der Waals surface area (Å²) >= 11 is 0. The molecule has 2 N–H and O–H groups in total. The highest BCUT2D eigenvalue weighted by atomic mass is 16.5. The van der Waals surface area contributed by atoms with Gasteiger partial charge >= 0.3 is 0 Å². The van der Waals surface area contributed by atoms with Crippen LogP contribution in [0.2, 0.25) is 0 Å². The van der Waals surface area contributed by atoms with E-state index in [0.29, 0.717) is 29.7 Å². The van der Waals surface area contributed by atoms with Gasteiger partial charge in [-0.1, -0.05) is 30.9 Å². The Morgan fingerprint density at radius 1 is 1.15 bits per heavy atom. The summed E-state index contributed by atoms with van der Waals surface area (Å²) in [6, 6.07) is 5.95. The SMILES string of the molecule is C=CC(=O)Nc1cc(Nc2nccc(C3=CN(C)C4C=CC=CC34)n2)c(OC)cc1N(C)CCN(C)CCOC. The maximum Gasteiger partial charge on any atom is 0.247 e. The van der Waals surface area contributed by atoms with Gasteiger partial charge in [0, 0.05) is 70.8 Å². The van der Waals surface area contributed by atoms with Gasteiger partial charge in [0.15, 0.2) is 0 Å². The number of aromatic nitrogens is 2. The highest BCUT2D eigenvalue weighted by Crippen LogP contribution is 2.39. The van der Waals surface area contributed by atoms with E-state index in [1.54, 1.807) is 20.4 Å². The number of ether oxygens (including phenoxy) is 2. The van der Waals surface area contributed by atoms with Gasteiger partial charge in [0.05, 0.1) is 42.5 Å². The molecule has 4 rings (SSSR count). The summed E-state index contributed by atoms with van der Waals surface area (Å²) < 4.78 is 10.9. The standard InChI is InChI=1S/C30H39N7O3/c1-7-29(38)32-24-18-25(28(40-6)19-27(24)36(3)15-14-35(2)16-17-39-5)34-30-31-13-12-23(33-30)22-20-37(4)26-11-9-8-10-21(22)26/h7-13,18-21,26H,1,14-17H2,2-6H3,(H,32,38)(H,31,33,34). The number of fused-ring (bicyclic) bond motifs is 1. The van der Waals surface area contributed by atoms with Gasteiger partial charge in [0.1, 0.15) is 5.75 Å². The molecule has 0 spiro atoms. The number of nitrogens with zero attached hydrogens (tertiary/aromatic N) is 5. The van der Waals surface area contributed by atoms with Crippen LogP contribution in [0.1, 0.15) is 5.69 Å². The van der Waals surface area contributed by atoms with Gasteiger partial charge in [-0.15, -0.1) is 0 Å². The second kappa shape index (κ2) is 13.3. The van der Waals surface area contributed by atoms with Crippen LogP contribution in [0.4, 0.5) is 23.0 Å². The molecule has 2 heterocycles. The van der Waals surface area contributed by atoms with Crippen molar-refractivity contribution in [3.63, 3.8) is 0 Å². The van der Waals surface area contributed by atoms with Crippen LogP contribution in [0.15, 0.2) is 67.6 Å². The number of amides is 1. The zero-order chi connectivity index (χ0) is 28.6. The van der Waals surface area contributed by atoms with E-state index in [0.717, 1.165) is 36.6 Å². The van der Waals surface area contributed by atoms with Crippen molar-refractivity contribution in [2.24, 2.45) is 5.92 Å². The van der Waals surface area contributed by atoms with E-state index in [1.807, 2.05) is 25.2 Å². The largest absolute Gasteiger partial charge is 0.494 e. The van der Waals surface area contributed by atoms with Gasteiger partial charge in [-0.05, 0) is 25.3 Å². The zero-order valence-electron chi connectivity index (χ0n) is 23.9. The number of hydrogen-bond donors (Lipinski definition) is 2. The Balaban J connectivity index is 1.60. The third-order valence-corrected chi connectivity index (χ3v) is 7.14. The lowest BCUT2D eigenvalue weighted by Gasteiger charge is -2.27. The Morgan fingerprint density at radius 2 is 1.95 bits per heavy atom. The van der Waals surface area contributed by atoms with Gasteiger partial charge in [-0.25, -0.2) is 9.97 Å². The summed E-state index contributed by atoms with van der Waals surface area (Å²) in [5.74, 6) is 0.958. The van der Waals surface area contributed by atoms with Crippen molar-refractivity contribution in [2.45, 2.75) is 6.04 Å². The highest BCUT2D eigenvalue weighted by molar-refractivity contribution is 6.02. The first-order chi connectivity index (χ1) is 19.3. The molecule has 2 unspecified atom stereocenters. The molecular weight excluding hydrogens is 506 g/mol. The molecule has 40 heavy (non-hydrogen) atoms. The monoisotopic (exact) mass is 545 g/mol. The Hall–Kier alpha value is -4.15. The van der Waals surface area contributed by atoms with Crippen LogP contribution in [0.5, 0.6) is 5.75 Å². The van der Waals surface area contributed by atoms with Crippen LogP contribution in [-0.2, 0) is 9.53 Å². The third-order valence-electron chi connectivity index (χ3n) is 7.14. The fraction of sp³-hybridized carbons (Fsp3) is 0.367. The topological polar surface area (TPSA) is 95.1 Å². The molecule has 10 nitrogen and oxygen atoms in total. The third kappa shape index (κ3) is 6.70. The molecular formula is C30H39N7O3. The number of methoxy groups -OCH3 is 2. The van der Waals surface area contributed by atoms with Crippen molar-refractivity contribution in [2.75, 3.05) is 77.1 Å². The minimum absolute atomic E-state index is 0.233. The van der Waals surface area contributed by atoms with Crippen LogP contribution >= 0.6 is 0 Å². The van der Waals surface area contributed by atoms with Crippen LogP contribution in [0.25, 0.3) is 5.57 Å². The lowest BCUT2D eigenvalue weighted by atomic mass is 9.89. The Kier molecular flexibility index (Phi) is 9.57. The number of carbonyl (C=O) groups excluding carboxylic acids is 1. The van der Waals surface area contributed by atoms with Gasteiger partial charge in [-0.3, -0.25) is 4.79 Å². The number of anilines is 4. The summed E-state index contributed by atoms with van der Waals surface area (Å²) in [6.45, 7) is 6.65. The zero-order valence-corrected chi connectivity index (χ0v) is 23.9. The summed E-state index contributed by atoms with van der Waals surface area (Å²) in [5, 5.41) is 6.24. The Morgan fingerprint density at radius 3 is 2.70 bits per heavy atom. The fourth-order valence-electron chi connectivity index (χ4n) is 4.84. The number of hydrogen-bond acceptors (Lipinski definition) is 9. The van der Waals surface area contributed by atoms with E-state index < -0.39 is 0 Å². The van der Waals surface area contributed by atoms with Crippen LogP contribution in [0.3, 0.4) is 0 Å². The predicted octanol–water partition coefficient (Wildman–Crippen LogP) is 3.76. The number of benzene rings is 1. The minimum Gasteiger partial charge on any atom is -0.494 e. The molecule has 1 aliphatic heterocycles. The molecule has 1 aromatic heterocycles. The number of likely N-dealkylation sites (N-methyl/N-ethyl adjacent to an activating group) is 3. The molecule has 1 aliphatic carbocycles. The van der Waals surface area contributed by atoms with E-state index in [2.05, 4.69) is 81.5 Å². The van der Waals surface area contributed by atoms with Gasteiger partial charge in [-0.2, -0.15) is 0 Å². The fourth-order valence-corrected chi connectivity index (χ4v) is 4.84. The first-order valence-corrected chi connectivity index (χ1v) is 13.3. The summed E-state index contributed by atoms with van der Waals surface area (Å²) in [5.41, 5.74) is 4.05. The van der Waals surface area contributed by atoms with Gasteiger partial charge in [0.25, 0.3) is 0 Å². The van der Waals surface area contributed by atoms with Crippen molar-refractivity contribution in [3.05, 3.63) is 73.2 Å². The number of carbonyl (C=O) groups is 1. The van der Waals surface area contributed by atoms with Crippen molar-refractivity contribution >= 4 is 34.5 Å².